The third kappa shape index (κ3) is 3.40. The van der Waals surface area contributed by atoms with E-state index in [4.69, 9.17) is 0 Å². The Morgan fingerprint density at radius 1 is 0.960 bits per heavy atom. The van der Waals surface area contributed by atoms with Crippen molar-refractivity contribution in [3.8, 4) is 0 Å². The van der Waals surface area contributed by atoms with E-state index in [0.717, 1.165) is 16.6 Å². The monoisotopic (exact) mass is 335 g/mol. The van der Waals surface area contributed by atoms with Crippen molar-refractivity contribution in [1.82, 2.24) is 9.55 Å². The lowest BCUT2D eigenvalue weighted by molar-refractivity contribution is -0.384. The van der Waals surface area contributed by atoms with Crippen molar-refractivity contribution < 1.29 is 4.92 Å². The first-order valence-corrected chi connectivity index (χ1v) is 8.11. The highest BCUT2D eigenvalue weighted by Crippen LogP contribution is 2.21. The fraction of sp³-hybridized carbons (Fsp3) is 0.200. The standard InChI is InChI=1S/C11H13N.C9H8N2O2/c1-8-4-5-11-10(6-8)7-9(2)12(11)3;1-6-4-7-5-8(11(12)13)2-3-9(7)10-6/h4-7H,1-3H3;2-5,10H,1H3. The maximum Gasteiger partial charge on any atom is 0.270 e. The summed E-state index contributed by atoms with van der Waals surface area (Å²) in [6, 6.07) is 15.5. The zero-order valence-electron chi connectivity index (χ0n) is 14.8. The molecule has 2 aromatic heterocycles. The molecule has 0 fully saturated rings. The zero-order valence-corrected chi connectivity index (χ0v) is 14.8. The van der Waals surface area contributed by atoms with Gasteiger partial charge in [0.05, 0.1) is 4.92 Å². The summed E-state index contributed by atoms with van der Waals surface area (Å²) in [6.07, 6.45) is 0. The minimum absolute atomic E-state index is 0.131. The summed E-state index contributed by atoms with van der Waals surface area (Å²) in [4.78, 5) is 13.2. The smallest absolute Gasteiger partial charge is 0.270 e. The van der Waals surface area contributed by atoms with Crippen LogP contribution in [0.4, 0.5) is 5.69 Å². The molecular formula is C20H21N3O2. The van der Waals surface area contributed by atoms with Gasteiger partial charge < -0.3 is 9.55 Å². The molecule has 0 amide bonds. The van der Waals surface area contributed by atoms with Crippen LogP contribution in [0.1, 0.15) is 17.0 Å². The predicted molar refractivity (Wildman–Crippen MR) is 102 cm³/mol. The van der Waals surface area contributed by atoms with Crippen molar-refractivity contribution in [2.24, 2.45) is 7.05 Å². The summed E-state index contributed by atoms with van der Waals surface area (Å²) in [5, 5.41) is 12.7. The Balaban J connectivity index is 0.000000146. The number of non-ortho nitro benzene ring substituents is 1. The topological polar surface area (TPSA) is 63.9 Å². The quantitative estimate of drug-likeness (QED) is 0.385. The fourth-order valence-electron chi connectivity index (χ4n) is 2.99. The minimum Gasteiger partial charge on any atom is -0.359 e. The van der Waals surface area contributed by atoms with Crippen molar-refractivity contribution >= 4 is 27.5 Å². The van der Waals surface area contributed by atoms with Gasteiger partial charge in [0.2, 0.25) is 0 Å². The van der Waals surface area contributed by atoms with Gasteiger partial charge in [-0.15, -0.1) is 0 Å². The van der Waals surface area contributed by atoms with Crippen LogP contribution in [0.15, 0.2) is 48.5 Å². The van der Waals surface area contributed by atoms with Crippen molar-refractivity contribution in [3.05, 3.63) is 75.6 Å². The van der Waals surface area contributed by atoms with Crippen LogP contribution < -0.4 is 0 Å². The molecule has 4 aromatic rings. The number of H-pyrrole nitrogens is 1. The van der Waals surface area contributed by atoms with E-state index in [0.29, 0.717) is 0 Å². The van der Waals surface area contributed by atoms with Gasteiger partial charge in [-0.2, -0.15) is 0 Å². The third-order valence-corrected chi connectivity index (χ3v) is 4.39. The van der Waals surface area contributed by atoms with Gasteiger partial charge in [-0.3, -0.25) is 10.1 Å². The Bertz CT molecular complexity index is 1070. The van der Waals surface area contributed by atoms with E-state index in [-0.39, 0.29) is 10.6 Å². The number of aryl methyl sites for hydroxylation is 4. The molecule has 0 unspecified atom stereocenters. The Morgan fingerprint density at radius 2 is 1.72 bits per heavy atom. The highest BCUT2D eigenvalue weighted by molar-refractivity contribution is 5.83. The molecule has 4 rings (SSSR count). The van der Waals surface area contributed by atoms with Gasteiger partial charge in [-0.25, -0.2) is 0 Å². The fourth-order valence-corrected chi connectivity index (χ4v) is 2.99. The number of fused-ring (bicyclic) bond motifs is 2. The van der Waals surface area contributed by atoms with E-state index in [1.807, 2.05) is 13.0 Å². The van der Waals surface area contributed by atoms with Crippen molar-refractivity contribution in [3.63, 3.8) is 0 Å². The number of aromatic nitrogens is 2. The first kappa shape index (κ1) is 16.8. The zero-order chi connectivity index (χ0) is 18.1. The van der Waals surface area contributed by atoms with Crippen LogP contribution in [0, 0.1) is 30.9 Å². The first-order valence-electron chi connectivity index (χ1n) is 8.11. The van der Waals surface area contributed by atoms with E-state index in [9.17, 15) is 10.1 Å². The van der Waals surface area contributed by atoms with E-state index in [1.165, 1.54) is 28.2 Å². The molecule has 0 saturated heterocycles. The van der Waals surface area contributed by atoms with Gasteiger partial charge in [0.1, 0.15) is 0 Å². The van der Waals surface area contributed by atoms with Crippen LogP contribution in [0.5, 0.6) is 0 Å². The second-order valence-corrected chi connectivity index (χ2v) is 6.39. The highest BCUT2D eigenvalue weighted by Gasteiger charge is 2.06. The van der Waals surface area contributed by atoms with Gasteiger partial charge in [0.15, 0.2) is 0 Å². The van der Waals surface area contributed by atoms with E-state index >= 15 is 0 Å². The van der Waals surface area contributed by atoms with Crippen LogP contribution in [-0.2, 0) is 7.05 Å². The second-order valence-electron chi connectivity index (χ2n) is 6.39. The molecule has 0 spiro atoms. The molecule has 0 bridgehead atoms. The summed E-state index contributed by atoms with van der Waals surface area (Å²) in [6.45, 7) is 6.18. The van der Waals surface area contributed by atoms with Crippen molar-refractivity contribution in [1.29, 1.82) is 0 Å². The highest BCUT2D eigenvalue weighted by atomic mass is 16.6. The van der Waals surface area contributed by atoms with Crippen LogP contribution in [-0.4, -0.2) is 14.5 Å². The molecule has 2 aromatic carbocycles. The predicted octanol–water partition coefficient (Wildman–Crippen LogP) is 5.18. The van der Waals surface area contributed by atoms with Gasteiger partial charge in [-0.05, 0) is 51.1 Å². The maximum absolute atomic E-state index is 10.4. The van der Waals surface area contributed by atoms with Crippen LogP contribution in [0.3, 0.4) is 0 Å². The number of nitrogens with zero attached hydrogens (tertiary/aromatic N) is 2. The molecule has 0 aliphatic heterocycles. The second kappa shape index (κ2) is 6.43. The SMILES string of the molecule is Cc1cc2cc([N+](=O)[O-])ccc2[nH]1.Cc1ccc2c(c1)cc(C)n2C. The number of aromatic amines is 1. The molecule has 2 heterocycles. The van der Waals surface area contributed by atoms with Crippen molar-refractivity contribution in [2.45, 2.75) is 20.8 Å². The molecule has 0 radical (unpaired) electrons. The Hall–Kier alpha value is -3.08. The average Bonchev–Trinajstić information content (AvgIpc) is 3.06. The van der Waals surface area contributed by atoms with Gasteiger partial charge in [0.25, 0.3) is 5.69 Å². The molecular weight excluding hydrogens is 314 g/mol. The molecule has 1 N–H and O–H groups in total. The third-order valence-electron chi connectivity index (χ3n) is 4.39. The van der Waals surface area contributed by atoms with Gasteiger partial charge in [-0.1, -0.05) is 11.6 Å². The number of nitro groups is 1. The molecule has 0 saturated carbocycles. The molecule has 128 valence electrons. The molecule has 25 heavy (non-hydrogen) atoms. The lowest BCUT2D eigenvalue weighted by Gasteiger charge is -1.98. The normalized spacial score (nSPS) is 10.7. The Morgan fingerprint density at radius 3 is 2.44 bits per heavy atom. The summed E-state index contributed by atoms with van der Waals surface area (Å²) in [5.74, 6) is 0. The number of hydrogen-bond donors (Lipinski definition) is 1. The summed E-state index contributed by atoms with van der Waals surface area (Å²) in [7, 11) is 2.10. The molecule has 0 atom stereocenters. The molecule has 5 nitrogen and oxygen atoms in total. The lowest BCUT2D eigenvalue weighted by atomic mass is 10.2. The van der Waals surface area contributed by atoms with Crippen LogP contribution >= 0.6 is 0 Å². The van der Waals surface area contributed by atoms with Crippen molar-refractivity contribution in [2.75, 3.05) is 0 Å². The van der Waals surface area contributed by atoms with E-state index in [2.05, 4.69) is 54.7 Å². The van der Waals surface area contributed by atoms with E-state index < -0.39 is 0 Å². The van der Waals surface area contributed by atoms with E-state index in [1.54, 1.807) is 12.1 Å². The Labute approximate surface area is 146 Å². The summed E-state index contributed by atoms with van der Waals surface area (Å²) >= 11 is 0. The number of rotatable bonds is 1. The largest absolute Gasteiger partial charge is 0.359 e. The number of nitro benzene ring substituents is 1. The first-order chi connectivity index (χ1) is 11.8. The van der Waals surface area contributed by atoms with Crippen LogP contribution in [0.2, 0.25) is 0 Å². The molecule has 0 aliphatic rings. The summed E-state index contributed by atoms with van der Waals surface area (Å²) < 4.78 is 2.22. The maximum atomic E-state index is 10.4. The van der Waals surface area contributed by atoms with Gasteiger partial charge in [0, 0.05) is 52.4 Å². The minimum atomic E-state index is -0.387. The number of nitrogens with one attached hydrogen (secondary N) is 1. The molecule has 5 heteroatoms. The summed E-state index contributed by atoms with van der Waals surface area (Å²) in [5.41, 5.74) is 6.03. The lowest BCUT2D eigenvalue weighted by Crippen LogP contribution is -1.88. The average molecular weight is 335 g/mol. The Kier molecular flexibility index (Phi) is 4.31. The molecule has 0 aliphatic carbocycles. The van der Waals surface area contributed by atoms with Gasteiger partial charge >= 0.3 is 0 Å². The number of benzene rings is 2. The van der Waals surface area contributed by atoms with Crippen LogP contribution in [0.25, 0.3) is 21.8 Å². The number of hydrogen-bond acceptors (Lipinski definition) is 2.